The molecular formula is C17H20N4O4. The number of carbonyl (C=O) groups is 1. The van der Waals surface area contributed by atoms with Crippen LogP contribution in [0.2, 0.25) is 0 Å². The molecule has 2 aliphatic rings. The molecule has 2 aromatic rings. The summed E-state index contributed by atoms with van der Waals surface area (Å²) < 4.78 is 18.6. The maximum Gasteiger partial charge on any atom is 0.319 e. The first-order chi connectivity index (χ1) is 12.3. The number of fused-ring (bicyclic) bond motifs is 1. The quantitative estimate of drug-likeness (QED) is 0.885. The molecule has 2 N–H and O–H groups in total. The molecule has 3 heterocycles. The van der Waals surface area contributed by atoms with E-state index < -0.39 is 0 Å². The van der Waals surface area contributed by atoms with Crippen molar-refractivity contribution in [2.75, 3.05) is 31.7 Å². The molecule has 1 aromatic carbocycles. The predicted octanol–water partition coefficient (Wildman–Crippen LogP) is 1.94. The molecule has 1 aromatic heterocycles. The van der Waals surface area contributed by atoms with E-state index >= 15 is 0 Å². The third-order valence-electron chi connectivity index (χ3n) is 4.21. The number of carbonyl (C=O) groups excluding carboxylic acids is 1. The van der Waals surface area contributed by atoms with Crippen molar-refractivity contribution in [1.82, 2.24) is 14.9 Å². The zero-order valence-corrected chi connectivity index (χ0v) is 13.7. The lowest BCUT2D eigenvalue weighted by Crippen LogP contribution is -2.35. The standard InChI is InChI=1S/C17H20N4O4/c22-17(19-10-12-2-1-5-23-12)20-13-8-15-16(25-7-6-24-15)9-14(13)21-4-3-18-11-21/h3-4,8-9,11-12H,1-2,5-7,10H2,(H2,19,20,22). The summed E-state index contributed by atoms with van der Waals surface area (Å²) in [6.07, 6.45) is 7.27. The molecule has 4 rings (SSSR count). The summed E-state index contributed by atoms with van der Waals surface area (Å²) in [6.45, 7) is 2.25. The van der Waals surface area contributed by atoms with Crippen LogP contribution in [-0.2, 0) is 4.74 Å². The predicted molar refractivity (Wildman–Crippen MR) is 90.5 cm³/mol. The molecule has 1 saturated heterocycles. The van der Waals surface area contributed by atoms with Crippen LogP contribution < -0.4 is 20.1 Å². The van der Waals surface area contributed by atoms with E-state index in [1.807, 2.05) is 10.6 Å². The van der Waals surface area contributed by atoms with Crippen LogP contribution in [0.25, 0.3) is 5.69 Å². The lowest BCUT2D eigenvalue weighted by molar-refractivity contribution is 0.112. The Bertz CT molecular complexity index is 741. The van der Waals surface area contributed by atoms with Gasteiger partial charge in [0.2, 0.25) is 0 Å². The maximum absolute atomic E-state index is 12.3. The van der Waals surface area contributed by atoms with Gasteiger partial charge in [-0.1, -0.05) is 0 Å². The van der Waals surface area contributed by atoms with Gasteiger partial charge in [0.15, 0.2) is 11.5 Å². The number of amides is 2. The van der Waals surface area contributed by atoms with Crippen molar-refractivity contribution < 1.29 is 19.0 Å². The minimum Gasteiger partial charge on any atom is -0.486 e. The number of benzene rings is 1. The molecule has 8 nitrogen and oxygen atoms in total. The lowest BCUT2D eigenvalue weighted by atomic mass is 10.2. The third kappa shape index (κ3) is 3.53. The second-order valence-electron chi connectivity index (χ2n) is 5.95. The van der Waals surface area contributed by atoms with Gasteiger partial charge in [-0.25, -0.2) is 9.78 Å². The average Bonchev–Trinajstić information content (AvgIpc) is 3.33. The number of nitrogens with zero attached hydrogens (tertiary/aromatic N) is 2. The summed E-state index contributed by atoms with van der Waals surface area (Å²) in [5, 5.41) is 5.74. The minimum atomic E-state index is -0.284. The van der Waals surface area contributed by atoms with Gasteiger partial charge in [0.05, 0.1) is 23.8 Å². The summed E-state index contributed by atoms with van der Waals surface area (Å²) in [5.41, 5.74) is 1.38. The van der Waals surface area contributed by atoms with Gasteiger partial charge in [-0.05, 0) is 12.8 Å². The van der Waals surface area contributed by atoms with Crippen molar-refractivity contribution in [3.63, 3.8) is 0 Å². The van der Waals surface area contributed by atoms with Gasteiger partial charge in [-0.3, -0.25) is 0 Å². The average molecular weight is 344 g/mol. The molecule has 0 bridgehead atoms. The Kier molecular flexibility index (Phi) is 4.43. The number of urea groups is 1. The van der Waals surface area contributed by atoms with Crippen LogP contribution in [0.3, 0.4) is 0 Å². The molecule has 132 valence electrons. The summed E-state index contributed by atoms with van der Waals surface area (Å²) in [5.74, 6) is 1.27. The summed E-state index contributed by atoms with van der Waals surface area (Å²) in [6, 6.07) is 3.33. The first-order valence-electron chi connectivity index (χ1n) is 8.38. The Balaban J connectivity index is 1.53. The van der Waals surface area contributed by atoms with Crippen molar-refractivity contribution in [1.29, 1.82) is 0 Å². The van der Waals surface area contributed by atoms with Crippen molar-refractivity contribution in [3.05, 3.63) is 30.9 Å². The fourth-order valence-corrected chi connectivity index (χ4v) is 2.97. The number of ether oxygens (including phenoxy) is 3. The number of hydrogen-bond acceptors (Lipinski definition) is 5. The van der Waals surface area contributed by atoms with Crippen LogP contribution in [0.5, 0.6) is 11.5 Å². The highest BCUT2D eigenvalue weighted by Gasteiger charge is 2.19. The summed E-state index contributed by atoms with van der Waals surface area (Å²) in [7, 11) is 0. The van der Waals surface area contributed by atoms with E-state index in [0.717, 1.165) is 25.1 Å². The third-order valence-corrected chi connectivity index (χ3v) is 4.21. The molecule has 2 aliphatic heterocycles. The normalized spacial score (nSPS) is 18.8. The van der Waals surface area contributed by atoms with Crippen LogP contribution in [0.4, 0.5) is 10.5 Å². The molecular weight excluding hydrogens is 324 g/mol. The van der Waals surface area contributed by atoms with Crippen LogP contribution in [0.15, 0.2) is 30.9 Å². The van der Waals surface area contributed by atoms with Crippen LogP contribution in [-0.4, -0.2) is 48.1 Å². The SMILES string of the molecule is O=C(NCC1CCCO1)Nc1cc2c(cc1-n1ccnc1)OCCO2. The van der Waals surface area contributed by atoms with E-state index in [-0.39, 0.29) is 12.1 Å². The lowest BCUT2D eigenvalue weighted by Gasteiger charge is -2.22. The molecule has 2 amide bonds. The Morgan fingerprint density at radius 1 is 1.24 bits per heavy atom. The number of anilines is 1. The molecule has 25 heavy (non-hydrogen) atoms. The van der Waals surface area contributed by atoms with Gasteiger partial charge in [-0.2, -0.15) is 0 Å². The van der Waals surface area contributed by atoms with Crippen molar-refractivity contribution >= 4 is 11.7 Å². The van der Waals surface area contributed by atoms with E-state index in [9.17, 15) is 4.79 Å². The van der Waals surface area contributed by atoms with Gasteiger partial charge < -0.3 is 29.4 Å². The number of imidazole rings is 1. The molecule has 0 spiro atoms. The summed E-state index contributed by atoms with van der Waals surface area (Å²) >= 11 is 0. The monoisotopic (exact) mass is 344 g/mol. The maximum atomic E-state index is 12.3. The van der Waals surface area contributed by atoms with Crippen molar-refractivity contribution in [2.45, 2.75) is 18.9 Å². The first-order valence-corrected chi connectivity index (χ1v) is 8.38. The second kappa shape index (κ2) is 7.02. The zero-order valence-electron chi connectivity index (χ0n) is 13.7. The van der Waals surface area contributed by atoms with E-state index in [0.29, 0.717) is 36.9 Å². The highest BCUT2D eigenvalue weighted by molar-refractivity contribution is 5.92. The van der Waals surface area contributed by atoms with Crippen LogP contribution >= 0.6 is 0 Å². The Morgan fingerprint density at radius 3 is 2.80 bits per heavy atom. The fraction of sp³-hybridized carbons (Fsp3) is 0.412. The van der Waals surface area contributed by atoms with E-state index in [2.05, 4.69) is 15.6 Å². The molecule has 1 unspecified atom stereocenters. The van der Waals surface area contributed by atoms with Crippen LogP contribution in [0.1, 0.15) is 12.8 Å². The number of aromatic nitrogens is 2. The van der Waals surface area contributed by atoms with Gasteiger partial charge in [0.25, 0.3) is 0 Å². The molecule has 1 fully saturated rings. The molecule has 8 heteroatoms. The Hall–Kier alpha value is -2.74. The van der Waals surface area contributed by atoms with Gasteiger partial charge in [-0.15, -0.1) is 0 Å². The molecule has 0 aliphatic carbocycles. The van der Waals surface area contributed by atoms with Crippen molar-refractivity contribution in [2.24, 2.45) is 0 Å². The van der Waals surface area contributed by atoms with Gasteiger partial charge in [0, 0.05) is 37.7 Å². The Morgan fingerprint density at radius 2 is 2.08 bits per heavy atom. The van der Waals surface area contributed by atoms with Gasteiger partial charge >= 0.3 is 6.03 Å². The van der Waals surface area contributed by atoms with E-state index in [1.165, 1.54) is 0 Å². The van der Waals surface area contributed by atoms with Gasteiger partial charge in [0.1, 0.15) is 13.2 Å². The number of rotatable bonds is 4. The topological polar surface area (TPSA) is 86.6 Å². The Labute approximate surface area is 145 Å². The van der Waals surface area contributed by atoms with E-state index in [1.54, 1.807) is 24.8 Å². The molecule has 0 saturated carbocycles. The van der Waals surface area contributed by atoms with E-state index in [4.69, 9.17) is 14.2 Å². The first kappa shape index (κ1) is 15.8. The van der Waals surface area contributed by atoms with Crippen LogP contribution in [0, 0.1) is 0 Å². The second-order valence-corrected chi connectivity index (χ2v) is 5.95. The molecule has 1 atom stereocenters. The van der Waals surface area contributed by atoms with Crippen molar-refractivity contribution in [3.8, 4) is 17.2 Å². The zero-order chi connectivity index (χ0) is 17.1. The fourth-order valence-electron chi connectivity index (χ4n) is 2.97. The minimum absolute atomic E-state index is 0.0964. The largest absolute Gasteiger partial charge is 0.486 e. The highest BCUT2D eigenvalue weighted by Crippen LogP contribution is 2.37. The molecule has 0 radical (unpaired) electrons. The highest BCUT2D eigenvalue weighted by atomic mass is 16.6. The smallest absolute Gasteiger partial charge is 0.319 e. The number of hydrogen-bond donors (Lipinski definition) is 2. The summed E-state index contributed by atoms with van der Waals surface area (Å²) in [4.78, 5) is 16.3. The number of nitrogens with one attached hydrogen (secondary N) is 2.